The van der Waals surface area contributed by atoms with Crippen LogP contribution in [0, 0.1) is 0 Å². The highest BCUT2D eigenvalue weighted by Gasteiger charge is 2.32. The van der Waals surface area contributed by atoms with E-state index in [0.717, 1.165) is 6.07 Å². The van der Waals surface area contributed by atoms with Crippen molar-refractivity contribution >= 4 is 11.0 Å². The van der Waals surface area contributed by atoms with Crippen molar-refractivity contribution in [3.05, 3.63) is 63.8 Å². The molecule has 0 saturated carbocycles. The number of nitrogens with one attached hydrogen (secondary N) is 1. The molecular formula is C16H14F3N3O. The zero-order valence-electron chi connectivity index (χ0n) is 12.3. The number of pyridine rings is 1. The largest absolute Gasteiger partial charge is 0.416 e. The normalized spacial score (nSPS) is 12.0. The van der Waals surface area contributed by atoms with Crippen LogP contribution < -0.4 is 5.56 Å². The maximum atomic E-state index is 13.0. The molecule has 0 fully saturated rings. The minimum atomic E-state index is -4.45. The van der Waals surface area contributed by atoms with Crippen LogP contribution in [0.4, 0.5) is 13.2 Å². The van der Waals surface area contributed by atoms with Gasteiger partial charge in [-0.05, 0) is 17.7 Å². The van der Waals surface area contributed by atoms with Crippen molar-refractivity contribution in [2.24, 2.45) is 0 Å². The summed E-state index contributed by atoms with van der Waals surface area (Å²) in [6, 6.07) is 6.90. The summed E-state index contributed by atoms with van der Waals surface area (Å²) in [7, 11) is 0. The van der Waals surface area contributed by atoms with Crippen LogP contribution in [0.5, 0.6) is 0 Å². The molecule has 3 aromatic rings. The van der Waals surface area contributed by atoms with E-state index in [0.29, 0.717) is 17.8 Å². The number of aromatic amines is 1. The smallest absolute Gasteiger partial charge is 0.342 e. The van der Waals surface area contributed by atoms with Crippen molar-refractivity contribution < 1.29 is 13.2 Å². The second kappa shape index (κ2) is 5.57. The molecule has 0 bridgehead atoms. The average molecular weight is 321 g/mol. The molecule has 0 saturated heterocycles. The first-order valence-electron chi connectivity index (χ1n) is 7.13. The summed E-state index contributed by atoms with van der Waals surface area (Å²) in [5.74, 6) is 0.672. The summed E-state index contributed by atoms with van der Waals surface area (Å²) < 4.78 is 40.4. The van der Waals surface area contributed by atoms with Crippen LogP contribution in [0.25, 0.3) is 11.0 Å². The Labute approximate surface area is 129 Å². The maximum absolute atomic E-state index is 13.0. The molecule has 0 atom stereocenters. The molecule has 4 nitrogen and oxygen atoms in total. The lowest BCUT2D eigenvalue weighted by atomic mass is 10.1. The van der Waals surface area contributed by atoms with E-state index in [1.165, 1.54) is 29.0 Å². The first-order chi connectivity index (χ1) is 10.9. The van der Waals surface area contributed by atoms with Crippen LogP contribution >= 0.6 is 0 Å². The number of halogens is 3. The Bertz CT molecular complexity index is 909. The fourth-order valence-electron chi connectivity index (χ4n) is 2.50. The number of fused-ring (bicyclic) bond motifs is 1. The molecule has 0 unspecified atom stereocenters. The lowest BCUT2D eigenvalue weighted by molar-refractivity contribution is -0.138. The van der Waals surface area contributed by atoms with Crippen molar-refractivity contribution in [1.29, 1.82) is 0 Å². The number of hydrogen-bond donors (Lipinski definition) is 1. The highest BCUT2D eigenvalue weighted by atomic mass is 19.4. The third kappa shape index (κ3) is 2.86. The second-order valence-corrected chi connectivity index (χ2v) is 5.20. The molecule has 3 rings (SSSR count). The minimum Gasteiger partial charge on any atom is -0.342 e. The molecule has 2 aromatic heterocycles. The van der Waals surface area contributed by atoms with E-state index >= 15 is 0 Å². The Balaban J connectivity index is 2.06. The summed E-state index contributed by atoms with van der Waals surface area (Å²) in [6.45, 7) is 1.74. The van der Waals surface area contributed by atoms with Crippen molar-refractivity contribution in [3.8, 4) is 0 Å². The highest BCUT2D eigenvalue weighted by molar-refractivity contribution is 5.73. The van der Waals surface area contributed by atoms with Crippen LogP contribution in [0.1, 0.15) is 23.9 Å². The molecule has 2 heterocycles. The lowest BCUT2D eigenvalue weighted by Crippen LogP contribution is -2.22. The Morgan fingerprint density at radius 1 is 1.22 bits per heavy atom. The van der Waals surface area contributed by atoms with Gasteiger partial charge in [-0.3, -0.25) is 4.79 Å². The number of benzene rings is 1. The quantitative estimate of drug-likeness (QED) is 0.804. The Morgan fingerprint density at radius 2 is 1.96 bits per heavy atom. The number of H-pyrrole nitrogens is 1. The molecule has 0 amide bonds. The van der Waals surface area contributed by atoms with Gasteiger partial charge in [0.15, 0.2) is 5.52 Å². The first-order valence-corrected chi connectivity index (χ1v) is 7.13. The molecular weight excluding hydrogens is 307 g/mol. The molecule has 7 heteroatoms. The van der Waals surface area contributed by atoms with Gasteiger partial charge < -0.3 is 9.55 Å². The van der Waals surface area contributed by atoms with Gasteiger partial charge in [-0.25, -0.2) is 4.98 Å². The van der Waals surface area contributed by atoms with Gasteiger partial charge in [0.2, 0.25) is 0 Å². The van der Waals surface area contributed by atoms with Crippen molar-refractivity contribution in [2.75, 3.05) is 0 Å². The summed E-state index contributed by atoms with van der Waals surface area (Å²) in [5, 5.41) is 0. The number of nitrogens with zero attached hydrogens (tertiary/aromatic N) is 2. The standard InChI is InChI=1S/C16H14F3N3O/c1-2-13-20-12-7-8-22(15(23)14(12)21-13)9-10-5-3-4-6-11(10)16(17,18)19/h3-8H,2,9H2,1H3,(H,20,21). The van der Waals surface area contributed by atoms with E-state index < -0.39 is 17.3 Å². The van der Waals surface area contributed by atoms with Crippen molar-refractivity contribution in [2.45, 2.75) is 26.1 Å². The third-order valence-corrected chi connectivity index (χ3v) is 3.66. The average Bonchev–Trinajstić information content (AvgIpc) is 2.94. The number of alkyl halides is 3. The Hall–Kier alpha value is -2.57. The number of aromatic nitrogens is 3. The van der Waals surface area contributed by atoms with Crippen molar-refractivity contribution in [1.82, 2.24) is 14.5 Å². The minimum absolute atomic E-state index is 0.0488. The number of hydrogen-bond acceptors (Lipinski definition) is 2. The molecule has 0 radical (unpaired) electrons. The van der Waals surface area contributed by atoms with Crippen LogP contribution in [-0.4, -0.2) is 14.5 Å². The van der Waals surface area contributed by atoms with Gasteiger partial charge in [0.05, 0.1) is 17.6 Å². The zero-order chi connectivity index (χ0) is 16.6. The first kappa shape index (κ1) is 15.3. The molecule has 0 aliphatic heterocycles. The Morgan fingerprint density at radius 3 is 2.65 bits per heavy atom. The van der Waals surface area contributed by atoms with Gasteiger partial charge in [0.25, 0.3) is 5.56 Å². The van der Waals surface area contributed by atoms with E-state index in [1.54, 1.807) is 6.07 Å². The van der Waals surface area contributed by atoms with Gasteiger partial charge in [-0.1, -0.05) is 25.1 Å². The number of rotatable bonds is 3. The van der Waals surface area contributed by atoms with Gasteiger partial charge in [-0.15, -0.1) is 0 Å². The SMILES string of the molecule is CCc1nc2c(=O)n(Cc3ccccc3C(F)(F)F)ccc2[nH]1. The number of imidazole rings is 1. The van der Waals surface area contributed by atoms with E-state index in [2.05, 4.69) is 9.97 Å². The summed E-state index contributed by atoms with van der Waals surface area (Å²) in [5.41, 5.74) is -0.257. The number of aryl methyl sites for hydroxylation is 1. The van der Waals surface area contributed by atoms with E-state index in [9.17, 15) is 18.0 Å². The van der Waals surface area contributed by atoms with E-state index in [1.807, 2.05) is 6.92 Å². The van der Waals surface area contributed by atoms with E-state index in [4.69, 9.17) is 0 Å². The zero-order valence-corrected chi connectivity index (χ0v) is 12.3. The van der Waals surface area contributed by atoms with Gasteiger partial charge in [0.1, 0.15) is 5.82 Å². The van der Waals surface area contributed by atoms with Crippen LogP contribution in [0.15, 0.2) is 41.3 Å². The predicted octanol–water partition coefficient (Wildman–Crippen LogP) is 3.35. The third-order valence-electron chi connectivity index (χ3n) is 3.66. The summed E-state index contributed by atoms with van der Waals surface area (Å²) >= 11 is 0. The second-order valence-electron chi connectivity index (χ2n) is 5.20. The molecule has 0 spiro atoms. The van der Waals surface area contributed by atoms with Gasteiger partial charge in [-0.2, -0.15) is 13.2 Å². The topological polar surface area (TPSA) is 50.7 Å². The van der Waals surface area contributed by atoms with Crippen LogP contribution in [0.3, 0.4) is 0 Å². The van der Waals surface area contributed by atoms with Gasteiger partial charge >= 0.3 is 6.18 Å². The monoisotopic (exact) mass is 321 g/mol. The fraction of sp³-hybridized carbons (Fsp3) is 0.250. The molecule has 120 valence electrons. The molecule has 23 heavy (non-hydrogen) atoms. The lowest BCUT2D eigenvalue weighted by Gasteiger charge is -2.13. The van der Waals surface area contributed by atoms with Crippen molar-refractivity contribution in [3.63, 3.8) is 0 Å². The van der Waals surface area contributed by atoms with Crippen LogP contribution in [0.2, 0.25) is 0 Å². The highest BCUT2D eigenvalue weighted by Crippen LogP contribution is 2.32. The summed E-state index contributed by atoms with van der Waals surface area (Å²) in [6.07, 6.45) is -2.33. The predicted molar refractivity (Wildman–Crippen MR) is 80.3 cm³/mol. The van der Waals surface area contributed by atoms with Crippen LogP contribution in [-0.2, 0) is 19.1 Å². The molecule has 0 aliphatic carbocycles. The Kier molecular flexibility index (Phi) is 3.71. The van der Waals surface area contributed by atoms with Gasteiger partial charge in [0, 0.05) is 12.6 Å². The molecule has 1 aromatic carbocycles. The van der Waals surface area contributed by atoms with E-state index in [-0.39, 0.29) is 17.6 Å². The fourth-order valence-corrected chi connectivity index (χ4v) is 2.50. The molecule has 1 N–H and O–H groups in total. The maximum Gasteiger partial charge on any atom is 0.416 e. The molecule has 0 aliphatic rings. The summed E-state index contributed by atoms with van der Waals surface area (Å²) in [4.78, 5) is 19.6.